The smallest absolute Gasteiger partial charge is 0.242 e. The largest absolute Gasteiger partial charge is 0.355 e. The van der Waals surface area contributed by atoms with Crippen LogP contribution in [0.5, 0.6) is 0 Å². The van der Waals surface area contributed by atoms with E-state index in [-0.39, 0.29) is 18.4 Å². The van der Waals surface area contributed by atoms with E-state index >= 15 is 0 Å². The molecule has 1 atom stereocenters. The van der Waals surface area contributed by atoms with Gasteiger partial charge < -0.3 is 10.2 Å². The summed E-state index contributed by atoms with van der Waals surface area (Å²) in [7, 11) is 0. The predicted octanol–water partition coefficient (Wildman–Crippen LogP) is 6.07. The van der Waals surface area contributed by atoms with Crippen LogP contribution in [0.15, 0.2) is 47.4 Å². The van der Waals surface area contributed by atoms with Crippen molar-refractivity contribution in [3.8, 4) is 0 Å². The molecule has 1 N–H and O–H groups in total. The van der Waals surface area contributed by atoms with E-state index in [9.17, 15) is 9.59 Å². The van der Waals surface area contributed by atoms with Gasteiger partial charge in [0.25, 0.3) is 0 Å². The average Bonchev–Trinajstić information content (AvgIpc) is 2.72. The summed E-state index contributed by atoms with van der Waals surface area (Å²) in [6.07, 6.45) is 1.01. The van der Waals surface area contributed by atoms with E-state index < -0.39 is 6.04 Å². The maximum atomic E-state index is 13.0. The van der Waals surface area contributed by atoms with Gasteiger partial charge in [-0.05, 0) is 62.4 Å². The number of rotatable bonds is 10. The van der Waals surface area contributed by atoms with Crippen molar-refractivity contribution in [2.24, 2.45) is 0 Å². The molecule has 0 aromatic heterocycles. The number of nitrogens with one attached hydrogen (secondary N) is 1. The van der Waals surface area contributed by atoms with Crippen molar-refractivity contribution in [2.75, 3.05) is 12.3 Å². The molecule has 0 spiro atoms. The molecular weight excluding hydrogens is 463 g/mol. The first-order chi connectivity index (χ1) is 14.3. The number of carbonyl (C=O) groups excluding carboxylic acids is 2. The van der Waals surface area contributed by atoms with E-state index in [1.807, 2.05) is 31.2 Å². The molecule has 0 bridgehead atoms. The number of carbonyl (C=O) groups is 2. The van der Waals surface area contributed by atoms with Crippen LogP contribution in [0.3, 0.4) is 0 Å². The molecule has 2 aromatic rings. The lowest BCUT2D eigenvalue weighted by Crippen LogP contribution is -2.47. The van der Waals surface area contributed by atoms with Gasteiger partial charge in [-0.2, -0.15) is 0 Å². The van der Waals surface area contributed by atoms with Crippen LogP contribution < -0.4 is 5.32 Å². The van der Waals surface area contributed by atoms with Gasteiger partial charge in [-0.15, -0.1) is 11.8 Å². The molecule has 2 rings (SSSR count). The molecule has 0 aliphatic carbocycles. The van der Waals surface area contributed by atoms with Crippen LogP contribution in [0, 0.1) is 0 Å². The number of halogens is 3. The Morgan fingerprint density at radius 1 is 1.07 bits per heavy atom. The SMILES string of the molecule is CCNC(=O)[C@H](C)N(Cc1c(Cl)cccc1Cl)C(=O)CCCSc1ccc(Cl)cc1. The van der Waals surface area contributed by atoms with Crippen molar-refractivity contribution in [3.05, 3.63) is 63.1 Å². The van der Waals surface area contributed by atoms with Crippen molar-refractivity contribution in [2.45, 2.75) is 44.2 Å². The Bertz CT molecular complexity index is 842. The number of amides is 2. The first-order valence-corrected chi connectivity index (χ1v) is 11.8. The van der Waals surface area contributed by atoms with Crippen molar-refractivity contribution in [3.63, 3.8) is 0 Å². The molecule has 0 fully saturated rings. The monoisotopic (exact) mass is 486 g/mol. The van der Waals surface area contributed by atoms with Gasteiger partial charge >= 0.3 is 0 Å². The fraction of sp³-hybridized carbons (Fsp3) is 0.364. The molecule has 0 saturated heterocycles. The standard InChI is InChI=1S/C22H25Cl3N2O2S/c1-3-26-22(29)15(2)27(14-18-19(24)6-4-7-20(18)25)21(28)8-5-13-30-17-11-9-16(23)10-12-17/h4,6-7,9-12,15H,3,5,8,13-14H2,1-2H3,(H,26,29)/t15-/m0/s1. The van der Waals surface area contributed by atoms with E-state index in [4.69, 9.17) is 34.8 Å². The number of hydrogen-bond acceptors (Lipinski definition) is 3. The second kappa shape index (κ2) is 12.5. The fourth-order valence-electron chi connectivity index (χ4n) is 2.85. The summed E-state index contributed by atoms with van der Waals surface area (Å²) in [6, 6.07) is 12.2. The Morgan fingerprint density at radius 3 is 2.30 bits per heavy atom. The van der Waals surface area contributed by atoms with Gasteiger partial charge in [-0.1, -0.05) is 40.9 Å². The van der Waals surface area contributed by atoms with Gasteiger partial charge in [0.15, 0.2) is 0 Å². The normalized spacial score (nSPS) is 11.8. The van der Waals surface area contributed by atoms with E-state index in [0.717, 1.165) is 10.6 Å². The van der Waals surface area contributed by atoms with Crippen molar-refractivity contribution < 1.29 is 9.59 Å². The highest BCUT2D eigenvalue weighted by atomic mass is 35.5. The van der Waals surface area contributed by atoms with Crippen LogP contribution in [0.4, 0.5) is 0 Å². The average molecular weight is 488 g/mol. The Morgan fingerprint density at radius 2 is 1.70 bits per heavy atom. The van der Waals surface area contributed by atoms with E-state index in [2.05, 4.69) is 5.32 Å². The Kier molecular flexibility index (Phi) is 10.3. The van der Waals surface area contributed by atoms with E-state index in [1.165, 1.54) is 0 Å². The zero-order valence-electron chi connectivity index (χ0n) is 17.0. The van der Waals surface area contributed by atoms with Gasteiger partial charge in [-0.25, -0.2) is 0 Å². The lowest BCUT2D eigenvalue weighted by molar-refractivity contribution is -0.140. The molecule has 0 saturated carbocycles. The number of thioether (sulfide) groups is 1. The van der Waals surface area contributed by atoms with Crippen molar-refractivity contribution >= 4 is 58.4 Å². The first-order valence-electron chi connectivity index (χ1n) is 9.72. The molecule has 0 unspecified atom stereocenters. The van der Waals surface area contributed by atoms with Crippen LogP contribution in [0.2, 0.25) is 15.1 Å². The topological polar surface area (TPSA) is 49.4 Å². The van der Waals surface area contributed by atoms with Gasteiger partial charge in [0.05, 0.1) is 0 Å². The second-order valence-electron chi connectivity index (χ2n) is 6.70. The summed E-state index contributed by atoms with van der Waals surface area (Å²) in [5.41, 5.74) is 0.640. The maximum absolute atomic E-state index is 13.0. The van der Waals surface area contributed by atoms with Gasteiger partial charge in [0.1, 0.15) is 6.04 Å². The molecular formula is C22H25Cl3N2O2S. The quantitative estimate of drug-likeness (QED) is 0.327. The van der Waals surface area contributed by atoms with Crippen LogP contribution in [0.1, 0.15) is 32.3 Å². The Hall–Kier alpha value is -1.40. The highest BCUT2D eigenvalue weighted by Gasteiger charge is 2.26. The molecule has 2 aromatic carbocycles. The highest BCUT2D eigenvalue weighted by Crippen LogP contribution is 2.27. The molecule has 0 aliphatic rings. The minimum absolute atomic E-state index is 0.110. The van der Waals surface area contributed by atoms with Crippen LogP contribution in [-0.2, 0) is 16.1 Å². The minimum atomic E-state index is -0.631. The van der Waals surface area contributed by atoms with Crippen LogP contribution in [0.25, 0.3) is 0 Å². The predicted molar refractivity (Wildman–Crippen MR) is 127 cm³/mol. The molecule has 2 amide bonds. The summed E-state index contributed by atoms with van der Waals surface area (Å²) in [5, 5.41) is 4.42. The van der Waals surface area contributed by atoms with E-state index in [1.54, 1.807) is 41.8 Å². The Labute approximate surface area is 197 Å². The zero-order chi connectivity index (χ0) is 22.1. The Balaban J connectivity index is 2.04. The lowest BCUT2D eigenvalue weighted by atomic mass is 10.1. The van der Waals surface area contributed by atoms with Crippen LogP contribution >= 0.6 is 46.6 Å². The minimum Gasteiger partial charge on any atom is -0.355 e. The molecule has 8 heteroatoms. The number of hydrogen-bond donors (Lipinski definition) is 1. The third-order valence-electron chi connectivity index (χ3n) is 4.53. The molecule has 0 radical (unpaired) electrons. The number of nitrogens with zero attached hydrogens (tertiary/aromatic N) is 1. The lowest BCUT2D eigenvalue weighted by Gasteiger charge is -2.29. The summed E-state index contributed by atoms with van der Waals surface area (Å²) in [6.45, 7) is 4.24. The van der Waals surface area contributed by atoms with Crippen LogP contribution in [-0.4, -0.2) is 35.1 Å². The highest BCUT2D eigenvalue weighted by molar-refractivity contribution is 7.99. The summed E-state index contributed by atoms with van der Waals surface area (Å²) in [4.78, 5) is 28.1. The first kappa shape index (κ1) is 24.9. The number of benzene rings is 2. The van der Waals surface area contributed by atoms with Gasteiger partial charge in [-0.3, -0.25) is 9.59 Å². The zero-order valence-corrected chi connectivity index (χ0v) is 20.0. The van der Waals surface area contributed by atoms with Crippen molar-refractivity contribution in [1.82, 2.24) is 10.2 Å². The summed E-state index contributed by atoms with van der Waals surface area (Å²) >= 11 is 20.2. The summed E-state index contributed by atoms with van der Waals surface area (Å²) in [5.74, 6) is 0.467. The molecule has 30 heavy (non-hydrogen) atoms. The molecule has 4 nitrogen and oxygen atoms in total. The molecule has 162 valence electrons. The van der Waals surface area contributed by atoms with Gasteiger partial charge in [0, 0.05) is 45.0 Å². The second-order valence-corrected chi connectivity index (χ2v) is 9.12. The maximum Gasteiger partial charge on any atom is 0.242 e. The molecule has 0 aliphatic heterocycles. The van der Waals surface area contributed by atoms with E-state index in [0.29, 0.717) is 40.0 Å². The van der Waals surface area contributed by atoms with Gasteiger partial charge in [0.2, 0.25) is 11.8 Å². The fourth-order valence-corrected chi connectivity index (χ4v) is 4.34. The molecule has 0 heterocycles. The summed E-state index contributed by atoms with van der Waals surface area (Å²) < 4.78 is 0. The third-order valence-corrected chi connectivity index (χ3v) is 6.58. The van der Waals surface area contributed by atoms with Crippen molar-refractivity contribution in [1.29, 1.82) is 0 Å². The third kappa shape index (κ3) is 7.38. The number of likely N-dealkylation sites (N-methyl/N-ethyl adjacent to an activating group) is 1.